The molecule has 1 aliphatic rings. The number of nitrogens with zero attached hydrogens (tertiary/aromatic N) is 2. The lowest BCUT2D eigenvalue weighted by molar-refractivity contribution is 0.709. The summed E-state index contributed by atoms with van der Waals surface area (Å²) in [6.07, 6.45) is 12.5. The first-order chi connectivity index (χ1) is 8.27. The van der Waals surface area contributed by atoms with Crippen LogP contribution in [0, 0.1) is 12.3 Å². The zero-order valence-electron chi connectivity index (χ0n) is 10.6. The van der Waals surface area contributed by atoms with Gasteiger partial charge in [-0.15, -0.1) is 6.42 Å². The molecule has 2 N–H and O–H groups in total. The van der Waals surface area contributed by atoms with Gasteiger partial charge < -0.3 is 10.3 Å². The molecule has 1 aliphatic carbocycles. The molecule has 0 aromatic carbocycles. The van der Waals surface area contributed by atoms with Crippen LogP contribution in [0.15, 0.2) is 0 Å². The topological polar surface area (TPSA) is 43.8 Å². The van der Waals surface area contributed by atoms with Crippen molar-refractivity contribution in [3.05, 3.63) is 11.5 Å². The van der Waals surface area contributed by atoms with Crippen LogP contribution in [0.4, 0.5) is 5.82 Å². The van der Waals surface area contributed by atoms with E-state index in [-0.39, 0.29) is 0 Å². The maximum absolute atomic E-state index is 6.14. The Balaban J connectivity index is 2.15. The molecule has 0 bridgehead atoms. The van der Waals surface area contributed by atoms with Crippen LogP contribution in [0.3, 0.4) is 0 Å². The molecule has 17 heavy (non-hydrogen) atoms. The minimum Gasteiger partial charge on any atom is -0.384 e. The Labute approximate surface area is 103 Å². The summed E-state index contributed by atoms with van der Waals surface area (Å²) in [5, 5.41) is 0. The molecule has 0 radical (unpaired) electrons. The van der Waals surface area contributed by atoms with Gasteiger partial charge in [-0.25, -0.2) is 4.98 Å². The first-order valence-corrected chi connectivity index (χ1v) is 6.56. The van der Waals surface area contributed by atoms with Crippen LogP contribution >= 0.6 is 0 Å². The van der Waals surface area contributed by atoms with Crippen molar-refractivity contribution in [1.82, 2.24) is 9.55 Å². The highest BCUT2D eigenvalue weighted by Gasteiger charge is 2.30. The number of unbranched alkanes of at least 4 members (excludes halogenated alkanes) is 2. The van der Waals surface area contributed by atoms with E-state index in [0.29, 0.717) is 12.5 Å². The molecule has 0 amide bonds. The summed E-state index contributed by atoms with van der Waals surface area (Å²) in [6, 6.07) is 0. The van der Waals surface area contributed by atoms with Gasteiger partial charge in [-0.05, 0) is 25.7 Å². The minimum absolute atomic E-state index is 0.554. The summed E-state index contributed by atoms with van der Waals surface area (Å²) in [6.45, 7) is 2.76. The number of rotatable bonds is 6. The molecule has 0 spiro atoms. The number of nitrogens with two attached hydrogens (primary N) is 1. The van der Waals surface area contributed by atoms with E-state index < -0.39 is 0 Å². The molecule has 1 heterocycles. The van der Waals surface area contributed by atoms with Crippen LogP contribution in [0.1, 0.15) is 56.5 Å². The van der Waals surface area contributed by atoms with Crippen LogP contribution in [-0.2, 0) is 13.0 Å². The summed E-state index contributed by atoms with van der Waals surface area (Å²) in [7, 11) is 0. The lowest BCUT2D eigenvalue weighted by atomic mass is 10.1. The first-order valence-electron chi connectivity index (χ1n) is 6.56. The Morgan fingerprint density at radius 3 is 2.82 bits per heavy atom. The van der Waals surface area contributed by atoms with Crippen molar-refractivity contribution in [2.75, 3.05) is 5.73 Å². The van der Waals surface area contributed by atoms with Crippen LogP contribution in [0.25, 0.3) is 0 Å². The van der Waals surface area contributed by atoms with Gasteiger partial charge in [0, 0.05) is 5.92 Å². The van der Waals surface area contributed by atoms with Crippen molar-refractivity contribution in [3.8, 4) is 12.3 Å². The average molecular weight is 231 g/mol. The fourth-order valence-corrected chi connectivity index (χ4v) is 2.17. The first kappa shape index (κ1) is 12.0. The van der Waals surface area contributed by atoms with E-state index in [0.717, 1.165) is 30.2 Å². The number of hydrogen-bond donors (Lipinski definition) is 1. The summed E-state index contributed by atoms with van der Waals surface area (Å²) >= 11 is 0. The Bertz CT molecular complexity index is 421. The number of imidazole rings is 1. The predicted molar refractivity (Wildman–Crippen MR) is 70.7 cm³/mol. The van der Waals surface area contributed by atoms with E-state index >= 15 is 0 Å². The molecule has 0 saturated heterocycles. The molecule has 92 valence electrons. The molecule has 1 fully saturated rings. The van der Waals surface area contributed by atoms with E-state index in [4.69, 9.17) is 17.1 Å². The second-order valence-electron chi connectivity index (χ2n) is 4.82. The molecular formula is C14H21N3. The highest BCUT2D eigenvalue weighted by Crippen LogP contribution is 2.40. The summed E-state index contributed by atoms with van der Waals surface area (Å²) in [5.74, 6) is 5.18. The van der Waals surface area contributed by atoms with Crippen molar-refractivity contribution in [2.45, 2.75) is 57.9 Å². The van der Waals surface area contributed by atoms with Crippen molar-refractivity contribution in [3.63, 3.8) is 0 Å². The molecule has 0 unspecified atom stereocenters. The third-order valence-corrected chi connectivity index (χ3v) is 3.32. The van der Waals surface area contributed by atoms with Gasteiger partial charge in [0.05, 0.1) is 12.2 Å². The normalized spacial score (nSPS) is 14.8. The molecule has 1 aromatic rings. The molecule has 1 saturated carbocycles. The van der Waals surface area contributed by atoms with Crippen molar-refractivity contribution in [1.29, 1.82) is 0 Å². The van der Waals surface area contributed by atoms with E-state index in [1.54, 1.807) is 0 Å². The average Bonchev–Trinajstić information content (AvgIpc) is 3.11. The number of aryl methyl sites for hydroxylation is 1. The molecule has 0 aliphatic heterocycles. The second-order valence-corrected chi connectivity index (χ2v) is 4.82. The Kier molecular flexibility index (Phi) is 3.73. The van der Waals surface area contributed by atoms with Crippen LogP contribution in [0.2, 0.25) is 0 Å². The quantitative estimate of drug-likeness (QED) is 0.604. The van der Waals surface area contributed by atoms with E-state index in [1.807, 2.05) is 4.57 Å². The second kappa shape index (κ2) is 5.27. The number of hydrogen-bond acceptors (Lipinski definition) is 2. The summed E-state index contributed by atoms with van der Waals surface area (Å²) in [5.41, 5.74) is 7.19. The standard InChI is InChI=1S/C14H21N3/c1-3-5-6-7-12-13(15)17(10-4-2)14(16-12)11-8-9-11/h2,11H,3,5-10,15H2,1H3. The van der Waals surface area contributed by atoms with Gasteiger partial charge >= 0.3 is 0 Å². The Hall–Kier alpha value is -1.43. The molecule has 3 nitrogen and oxygen atoms in total. The van der Waals surface area contributed by atoms with Gasteiger partial charge in [0.1, 0.15) is 11.6 Å². The third-order valence-electron chi connectivity index (χ3n) is 3.32. The van der Waals surface area contributed by atoms with Gasteiger partial charge in [-0.2, -0.15) is 0 Å². The number of anilines is 1. The van der Waals surface area contributed by atoms with Gasteiger partial charge in [-0.3, -0.25) is 0 Å². The number of nitrogen functional groups attached to an aromatic ring is 1. The number of aromatic nitrogens is 2. The lowest BCUT2D eigenvalue weighted by Gasteiger charge is -2.04. The third kappa shape index (κ3) is 2.63. The van der Waals surface area contributed by atoms with Crippen LogP contribution in [-0.4, -0.2) is 9.55 Å². The van der Waals surface area contributed by atoms with Gasteiger partial charge in [0.15, 0.2) is 0 Å². The summed E-state index contributed by atoms with van der Waals surface area (Å²) < 4.78 is 2.03. The fourth-order valence-electron chi connectivity index (χ4n) is 2.17. The molecule has 0 atom stereocenters. The van der Waals surface area contributed by atoms with Crippen LogP contribution in [0.5, 0.6) is 0 Å². The fraction of sp³-hybridized carbons (Fsp3) is 0.643. The van der Waals surface area contributed by atoms with E-state index in [1.165, 1.54) is 25.7 Å². The monoisotopic (exact) mass is 231 g/mol. The summed E-state index contributed by atoms with van der Waals surface area (Å²) in [4.78, 5) is 4.70. The number of terminal acetylenes is 1. The maximum Gasteiger partial charge on any atom is 0.127 e. The predicted octanol–water partition coefficient (Wildman–Crippen LogP) is 2.71. The SMILES string of the molecule is C#CCn1c(C2CC2)nc(CCCCC)c1N. The largest absolute Gasteiger partial charge is 0.384 e. The maximum atomic E-state index is 6.14. The van der Waals surface area contributed by atoms with Crippen LogP contribution < -0.4 is 5.73 Å². The van der Waals surface area contributed by atoms with Crippen molar-refractivity contribution in [2.24, 2.45) is 0 Å². The minimum atomic E-state index is 0.554. The van der Waals surface area contributed by atoms with Gasteiger partial charge in [-0.1, -0.05) is 25.7 Å². The molecule has 2 rings (SSSR count). The van der Waals surface area contributed by atoms with E-state index in [9.17, 15) is 0 Å². The zero-order valence-corrected chi connectivity index (χ0v) is 10.6. The van der Waals surface area contributed by atoms with Crippen molar-refractivity contribution < 1.29 is 0 Å². The molecule has 1 aromatic heterocycles. The smallest absolute Gasteiger partial charge is 0.127 e. The highest BCUT2D eigenvalue weighted by atomic mass is 15.1. The lowest BCUT2D eigenvalue weighted by Crippen LogP contribution is -2.05. The Morgan fingerprint density at radius 1 is 1.47 bits per heavy atom. The zero-order chi connectivity index (χ0) is 12.3. The van der Waals surface area contributed by atoms with Gasteiger partial charge in [0.2, 0.25) is 0 Å². The van der Waals surface area contributed by atoms with Crippen molar-refractivity contribution >= 4 is 5.82 Å². The van der Waals surface area contributed by atoms with Gasteiger partial charge in [0.25, 0.3) is 0 Å². The molecular weight excluding hydrogens is 210 g/mol. The molecule has 3 heteroatoms. The Morgan fingerprint density at radius 2 is 2.24 bits per heavy atom. The van der Waals surface area contributed by atoms with E-state index in [2.05, 4.69) is 12.8 Å². The highest BCUT2D eigenvalue weighted by molar-refractivity contribution is 5.40.